The van der Waals surface area contributed by atoms with Crippen molar-refractivity contribution in [2.75, 3.05) is 23.8 Å². The summed E-state index contributed by atoms with van der Waals surface area (Å²) in [6, 6.07) is 0. The second-order valence-corrected chi connectivity index (χ2v) is 6.54. The molecule has 1 aromatic heterocycles. The van der Waals surface area contributed by atoms with Gasteiger partial charge in [0, 0.05) is 26.2 Å². The molecule has 0 atom stereocenters. The second-order valence-electron chi connectivity index (χ2n) is 6.54. The Kier molecular flexibility index (Phi) is 3.65. The minimum Gasteiger partial charge on any atom is -0.380 e. The van der Waals surface area contributed by atoms with E-state index in [1.165, 1.54) is 55.7 Å². The van der Waals surface area contributed by atoms with Crippen LogP contribution in [0.1, 0.15) is 57.6 Å². The summed E-state index contributed by atoms with van der Waals surface area (Å²) in [7, 11) is 4.38. The van der Waals surface area contributed by atoms with E-state index in [0.29, 0.717) is 5.54 Å². The van der Waals surface area contributed by atoms with Crippen LogP contribution < -0.4 is 10.2 Å². The summed E-state index contributed by atoms with van der Waals surface area (Å²) in [4.78, 5) is 2.55. The van der Waals surface area contributed by atoms with Crippen LogP contribution >= 0.6 is 0 Å². The van der Waals surface area contributed by atoms with Crippen LogP contribution in [-0.2, 0) is 13.5 Å². The number of nitrogens with zero attached hydrogens (tertiary/aromatic N) is 3. The minimum absolute atomic E-state index is 0.355. The third kappa shape index (κ3) is 2.09. The van der Waals surface area contributed by atoms with Crippen LogP contribution in [0.2, 0.25) is 0 Å². The number of nitrogens with one attached hydrogen (secondary N) is 1. The van der Waals surface area contributed by atoms with Gasteiger partial charge in [-0.25, -0.2) is 0 Å². The highest BCUT2D eigenvalue weighted by Crippen LogP contribution is 2.43. The molecule has 1 aliphatic heterocycles. The van der Waals surface area contributed by atoms with Crippen molar-refractivity contribution in [3.63, 3.8) is 0 Å². The minimum atomic E-state index is 0.355. The van der Waals surface area contributed by atoms with Gasteiger partial charge in [0.15, 0.2) is 5.82 Å². The molecule has 0 radical (unpaired) electrons. The molecule has 0 saturated heterocycles. The van der Waals surface area contributed by atoms with Crippen LogP contribution in [0.5, 0.6) is 0 Å². The lowest BCUT2D eigenvalue weighted by molar-refractivity contribution is 0.271. The standard InChI is InChI=1S/C16H28N4/c1-4-8-13-14-15(20(3)18-13)19(2)16(11-12-17-14)9-6-5-7-10-16/h17H,4-12H2,1-3H3. The number of aromatic nitrogens is 2. The monoisotopic (exact) mass is 276 g/mol. The van der Waals surface area contributed by atoms with Gasteiger partial charge in [0.25, 0.3) is 0 Å². The van der Waals surface area contributed by atoms with E-state index in [9.17, 15) is 0 Å². The molecule has 2 aliphatic rings. The van der Waals surface area contributed by atoms with Gasteiger partial charge in [-0.15, -0.1) is 0 Å². The predicted molar refractivity (Wildman–Crippen MR) is 84.5 cm³/mol. The summed E-state index contributed by atoms with van der Waals surface area (Å²) in [5.41, 5.74) is 2.89. The fraction of sp³-hybridized carbons (Fsp3) is 0.812. The Balaban J connectivity index is 2.00. The van der Waals surface area contributed by atoms with Crippen molar-refractivity contribution >= 4 is 11.5 Å². The van der Waals surface area contributed by atoms with Gasteiger partial charge < -0.3 is 10.2 Å². The van der Waals surface area contributed by atoms with Gasteiger partial charge in [0.05, 0.1) is 5.69 Å². The number of rotatable bonds is 2. The number of anilines is 2. The maximum Gasteiger partial charge on any atom is 0.150 e. The van der Waals surface area contributed by atoms with Crippen LogP contribution in [-0.4, -0.2) is 28.9 Å². The molecule has 3 rings (SSSR count). The van der Waals surface area contributed by atoms with Crippen LogP contribution in [0.3, 0.4) is 0 Å². The molecule has 1 fully saturated rings. The van der Waals surface area contributed by atoms with E-state index >= 15 is 0 Å². The third-order valence-electron chi connectivity index (χ3n) is 5.28. The molecule has 4 heteroatoms. The van der Waals surface area contributed by atoms with E-state index in [1.807, 2.05) is 0 Å². The van der Waals surface area contributed by atoms with Crippen molar-refractivity contribution in [3.05, 3.63) is 5.69 Å². The summed E-state index contributed by atoms with van der Waals surface area (Å²) in [5, 5.41) is 8.44. The zero-order valence-electron chi connectivity index (χ0n) is 13.2. The Morgan fingerprint density at radius 3 is 2.60 bits per heavy atom. The molecule has 0 bridgehead atoms. The number of aryl methyl sites for hydroxylation is 2. The average molecular weight is 276 g/mol. The first-order chi connectivity index (χ1) is 9.68. The molecule has 1 aromatic rings. The highest BCUT2D eigenvalue weighted by Gasteiger charge is 2.40. The fourth-order valence-corrected chi connectivity index (χ4v) is 4.15. The van der Waals surface area contributed by atoms with E-state index in [-0.39, 0.29) is 0 Å². The smallest absolute Gasteiger partial charge is 0.150 e. The maximum atomic E-state index is 4.76. The molecule has 0 amide bonds. The lowest BCUT2D eigenvalue weighted by Crippen LogP contribution is -2.49. The Morgan fingerprint density at radius 1 is 1.15 bits per heavy atom. The predicted octanol–water partition coefficient (Wildman–Crippen LogP) is 3.33. The Labute approximate surface area is 122 Å². The molecule has 2 heterocycles. The van der Waals surface area contributed by atoms with Gasteiger partial charge in [-0.3, -0.25) is 4.68 Å². The van der Waals surface area contributed by atoms with Gasteiger partial charge in [-0.05, 0) is 25.7 Å². The highest BCUT2D eigenvalue weighted by molar-refractivity contribution is 5.71. The number of fused-ring (bicyclic) bond motifs is 1. The van der Waals surface area contributed by atoms with Gasteiger partial charge in [0.2, 0.25) is 0 Å². The van der Waals surface area contributed by atoms with Crippen molar-refractivity contribution in [2.45, 2.75) is 63.8 Å². The van der Waals surface area contributed by atoms with E-state index in [2.05, 4.69) is 35.9 Å². The summed E-state index contributed by atoms with van der Waals surface area (Å²) in [6.07, 6.45) is 10.3. The van der Waals surface area contributed by atoms with Crippen molar-refractivity contribution in [2.24, 2.45) is 7.05 Å². The Bertz CT molecular complexity index is 471. The molecule has 20 heavy (non-hydrogen) atoms. The zero-order valence-corrected chi connectivity index (χ0v) is 13.2. The number of hydrogen-bond acceptors (Lipinski definition) is 3. The van der Waals surface area contributed by atoms with Gasteiger partial charge >= 0.3 is 0 Å². The largest absolute Gasteiger partial charge is 0.380 e. The summed E-state index contributed by atoms with van der Waals surface area (Å²) < 4.78 is 2.09. The number of hydrogen-bond donors (Lipinski definition) is 1. The van der Waals surface area contributed by atoms with E-state index in [4.69, 9.17) is 5.10 Å². The fourth-order valence-electron chi connectivity index (χ4n) is 4.15. The van der Waals surface area contributed by atoms with Crippen molar-refractivity contribution in [3.8, 4) is 0 Å². The Morgan fingerprint density at radius 2 is 1.90 bits per heavy atom. The highest BCUT2D eigenvalue weighted by atomic mass is 15.4. The Hall–Kier alpha value is -1.19. The molecule has 1 spiro atoms. The first kappa shape index (κ1) is 13.8. The van der Waals surface area contributed by atoms with Crippen LogP contribution in [0.15, 0.2) is 0 Å². The van der Waals surface area contributed by atoms with Crippen molar-refractivity contribution in [1.82, 2.24) is 9.78 Å². The SMILES string of the molecule is CCCc1nn(C)c2c1NCCC1(CCCCC1)N2C. The summed E-state index contributed by atoms with van der Waals surface area (Å²) in [6.45, 7) is 3.31. The lowest BCUT2D eigenvalue weighted by Gasteiger charge is -2.44. The van der Waals surface area contributed by atoms with Crippen molar-refractivity contribution < 1.29 is 0 Å². The first-order valence-electron chi connectivity index (χ1n) is 8.21. The summed E-state index contributed by atoms with van der Waals surface area (Å²) in [5.74, 6) is 1.30. The average Bonchev–Trinajstić information content (AvgIpc) is 2.68. The molecule has 4 nitrogen and oxygen atoms in total. The van der Waals surface area contributed by atoms with Crippen molar-refractivity contribution in [1.29, 1.82) is 0 Å². The summed E-state index contributed by atoms with van der Waals surface area (Å²) >= 11 is 0. The normalized spacial score (nSPS) is 21.4. The molecule has 1 aliphatic carbocycles. The molecular formula is C16H28N4. The zero-order chi connectivity index (χ0) is 14.2. The topological polar surface area (TPSA) is 33.1 Å². The third-order valence-corrected chi connectivity index (χ3v) is 5.28. The first-order valence-corrected chi connectivity index (χ1v) is 8.21. The van der Waals surface area contributed by atoms with E-state index in [0.717, 1.165) is 19.4 Å². The lowest BCUT2D eigenvalue weighted by atomic mass is 9.78. The molecule has 1 saturated carbocycles. The van der Waals surface area contributed by atoms with E-state index < -0.39 is 0 Å². The van der Waals surface area contributed by atoms with Crippen LogP contribution in [0.4, 0.5) is 11.5 Å². The maximum absolute atomic E-state index is 4.76. The molecule has 112 valence electrons. The molecule has 1 N–H and O–H groups in total. The van der Waals surface area contributed by atoms with Crippen LogP contribution in [0, 0.1) is 0 Å². The quantitative estimate of drug-likeness (QED) is 0.899. The van der Waals surface area contributed by atoms with Gasteiger partial charge in [-0.2, -0.15) is 5.10 Å². The van der Waals surface area contributed by atoms with Gasteiger partial charge in [0.1, 0.15) is 5.69 Å². The molecule has 0 aromatic carbocycles. The second kappa shape index (κ2) is 5.30. The molecule has 0 unspecified atom stereocenters. The molecular weight excluding hydrogens is 248 g/mol. The van der Waals surface area contributed by atoms with E-state index in [1.54, 1.807) is 0 Å². The van der Waals surface area contributed by atoms with Crippen LogP contribution in [0.25, 0.3) is 0 Å². The van der Waals surface area contributed by atoms with Gasteiger partial charge in [-0.1, -0.05) is 32.6 Å².